The van der Waals surface area contributed by atoms with E-state index in [0.29, 0.717) is 21.9 Å². The number of amides is 1. The molecule has 0 bridgehead atoms. The first kappa shape index (κ1) is 19.2. The molecular formula is C17H19N5O3S2. The number of benzene rings is 1. The number of ether oxygens (including phenoxy) is 2. The van der Waals surface area contributed by atoms with Gasteiger partial charge in [0.15, 0.2) is 16.1 Å². The molecule has 2 aromatic heterocycles. The van der Waals surface area contributed by atoms with Gasteiger partial charge in [0.25, 0.3) is 0 Å². The molecule has 0 radical (unpaired) electrons. The van der Waals surface area contributed by atoms with Gasteiger partial charge in [0.1, 0.15) is 18.1 Å². The number of anilines is 1. The maximum atomic E-state index is 12.0. The van der Waals surface area contributed by atoms with Crippen molar-refractivity contribution in [2.24, 2.45) is 7.05 Å². The van der Waals surface area contributed by atoms with E-state index in [1.54, 1.807) is 13.3 Å². The third-order valence-corrected chi connectivity index (χ3v) is 5.40. The number of rotatable bonds is 8. The van der Waals surface area contributed by atoms with Crippen LogP contribution in [0.2, 0.25) is 0 Å². The molecule has 1 amide bonds. The molecule has 0 fully saturated rings. The quantitative estimate of drug-likeness (QED) is 0.576. The predicted molar refractivity (Wildman–Crippen MR) is 105 cm³/mol. The van der Waals surface area contributed by atoms with Crippen LogP contribution < -0.4 is 14.8 Å². The van der Waals surface area contributed by atoms with Gasteiger partial charge in [0, 0.05) is 18.1 Å². The van der Waals surface area contributed by atoms with Crippen molar-refractivity contribution in [1.82, 2.24) is 19.7 Å². The number of aromatic nitrogens is 4. The Morgan fingerprint density at radius 2 is 2.00 bits per heavy atom. The molecule has 0 aliphatic heterocycles. The zero-order valence-corrected chi connectivity index (χ0v) is 16.8. The molecule has 0 aliphatic rings. The number of methoxy groups -OCH3 is 1. The molecule has 0 unspecified atom stereocenters. The van der Waals surface area contributed by atoms with Gasteiger partial charge < -0.3 is 19.4 Å². The lowest BCUT2D eigenvalue weighted by atomic mass is 10.3. The van der Waals surface area contributed by atoms with E-state index in [4.69, 9.17) is 9.47 Å². The Kier molecular flexibility index (Phi) is 6.30. The van der Waals surface area contributed by atoms with E-state index in [1.807, 2.05) is 42.8 Å². The van der Waals surface area contributed by atoms with E-state index in [-0.39, 0.29) is 18.3 Å². The number of hydrogen-bond donors (Lipinski definition) is 1. The van der Waals surface area contributed by atoms with Crippen molar-refractivity contribution < 1.29 is 14.3 Å². The standard InChI is InChI=1S/C17H19N5O3S2/c1-11-8-18-16(27-11)19-15(23)10-26-17-21-20-14(22(17)2)9-25-13-6-4-12(24-3)5-7-13/h4-8H,9-10H2,1-3H3,(H,18,19,23). The normalized spacial score (nSPS) is 10.6. The van der Waals surface area contributed by atoms with Crippen LogP contribution in [0.15, 0.2) is 35.6 Å². The third-order valence-electron chi connectivity index (χ3n) is 3.55. The molecule has 3 aromatic rings. The van der Waals surface area contributed by atoms with E-state index in [9.17, 15) is 4.79 Å². The van der Waals surface area contributed by atoms with E-state index in [2.05, 4.69) is 20.5 Å². The van der Waals surface area contributed by atoms with Crippen LogP contribution in [0.4, 0.5) is 5.13 Å². The third kappa shape index (κ3) is 5.20. The molecule has 0 saturated carbocycles. The highest BCUT2D eigenvalue weighted by atomic mass is 32.2. The summed E-state index contributed by atoms with van der Waals surface area (Å²) in [6.07, 6.45) is 1.73. The summed E-state index contributed by atoms with van der Waals surface area (Å²) in [7, 11) is 3.46. The summed E-state index contributed by atoms with van der Waals surface area (Å²) in [6, 6.07) is 7.32. The highest BCUT2D eigenvalue weighted by molar-refractivity contribution is 7.99. The van der Waals surface area contributed by atoms with Crippen molar-refractivity contribution in [2.75, 3.05) is 18.2 Å². The summed E-state index contributed by atoms with van der Waals surface area (Å²) in [5.74, 6) is 2.25. The number of carbonyl (C=O) groups is 1. The smallest absolute Gasteiger partial charge is 0.236 e. The van der Waals surface area contributed by atoms with Crippen LogP contribution in [0.3, 0.4) is 0 Å². The fourth-order valence-electron chi connectivity index (χ4n) is 2.11. The monoisotopic (exact) mass is 405 g/mol. The van der Waals surface area contributed by atoms with Gasteiger partial charge in [-0.05, 0) is 31.2 Å². The Bertz CT molecular complexity index is 908. The van der Waals surface area contributed by atoms with Crippen LogP contribution in [-0.4, -0.2) is 38.5 Å². The SMILES string of the molecule is COc1ccc(OCc2nnc(SCC(=O)Nc3ncc(C)s3)n2C)cc1. The van der Waals surface area contributed by atoms with Crippen LogP contribution in [0.1, 0.15) is 10.7 Å². The minimum atomic E-state index is -0.131. The van der Waals surface area contributed by atoms with Gasteiger partial charge in [-0.15, -0.1) is 21.5 Å². The summed E-state index contributed by atoms with van der Waals surface area (Å²) in [5, 5.41) is 12.3. The summed E-state index contributed by atoms with van der Waals surface area (Å²) < 4.78 is 12.7. The lowest BCUT2D eigenvalue weighted by Crippen LogP contribution is -2.14. The average Bonchev–Trinajstić information content (AvgIpc) is 3.24. The second kappa shape index (κ2) is 8.87. The van der Waals surface area contributed by atoms with E-state index in [1.165, 1.54) is 23.1 Å². The lowest BCUT2D eigenvalue weighted by molar-refractivity contribution is -0.113. The van der Waals surface area contributed by atoms with Crippen LogP contribution >= 0.6 is 23.1 Å². The Labute approximate surface area is 164 Å². The topological polar surface area (TPSA) is 91.2 Å². The van der Waals surface area contributed by atoms with Gasteiger partial charge >= 0.3 is 0 Å². The van der Waals surface area contributed by atoms with Gasteiger partial charge in [-0.3, -0.25) is 4.79 Å². The van der Waals surface area contributed by atoms with Crippen molar-refractivity contribution in [2.45, 2.75) is 18.7 Å². The van der Waals surface area contributed by atoms with E-state index < -0.39 is 0 Å². The number of nitrogens with one attached hydrogen (secondary N) is 1. The first-order chi connectivity index (χ1) is 13.0. The number of nitrogens with zero attached hydrogens (tertiary/aromatic N) is 4. The number of hydrogen-bond acceptors (Lipinski definition) is 8. The zero-order chi connectivity index (χ0) is 19.2. The molecule has 27 heavy (non-hydrogen) atoms. The highest BCUT2D eigenvalue weighted by Gasteiger charge is 2.13. The van der Waals surface area contributed by atoms with Crippen molar-refractivity contribution in [1.29, 1.82) is 0 Å². The summed E-state index contributed by atoms with van der Waals surface area (Å²) in [4.78, 5) is 17.2. The molecule has 8 nitrogen and oxygen atoms in total. The Morgan fingerprint density at radius 1 is 1.26 bits per heavy atom. The average molecular weight is 406 g/mol. The fraction of sp³-hybridized carbons (Fsp3) is 0.294. The molecule has 1 N–H and O–H groups in total. The molecule has 3 rings (SSSR count). The lowest BCUT2D eigenvalue weighted by Gasteiger charge is -2.07. The second-order valence-electron chi connectivity index (χ2n) is 5.53. The van der Waals surface area contributed by atoms with Crippen LogP contribution in [0.25, 0.3) is 0 Å². The van der Waals surface area contributed by atoms with Gasteiger partial charge in [0.2, 0.25) is 5.91 Å². The molecule has 2 heterocycles. The molecule has 142 valence electrons. The number of thiazole rings is 1. The van der Waals surface area contributed by atoms with Crippen molar-refractivity contribution in [3.8, 4) is 11.5 Å². The van der Waals surface area contributed by atoms with E-state index in [0.717, 1.165) is 10.6 Å². The van der Waals surface area contributed by atoms with Crippen molar-refractivity contribution in [3.05, 3.63) is 41.2 Å². The first-order valence-corrected chi connectivity index (χ1v) is 9.85. The van der Waals surface area contributed by atoms with Gasteiger partial charge in [-0.2, -0.15) is 0 Å². The molecule has 0 aliphatic carbocycles. The molecule has 0 spiro atoms. The Balaban J connectivity index is 1.51. The number of thioether (sulfide) groups is 1. The molecule has 0 atom stereocenters. The number of carbonyl (C=O) groups excluding carboxylic acids is 1. The molecule has 0 saturated heterocycles. The first-order valence-electron chi connectivity index (χ1n) is 8.05. The Morgan fingerprint density at radius 3 is 2.67 bits per heavy atom. The van der Waals surface area contributed by atoms with Crippen molar-refractivity contribution in [3.63, 3.8) is 0 Å². The minimum Gasteiger partial charge on any atom is -0.497 e. The molecule has 1 aromatic carbocycles. The second-order valence-corrected chi connectivity index (χ2v) is 7.71. The molecular weight excluding hydrogens is 386 g/mol. The maximum absolute atomic E-state index is 12.0. The fourth-order valence-corrected chi connectivity index (χ4v) is 3.52. The molecule has 10 heteroatoms. The summed E-state index contributed by atoms with van der Waals surface area (Å²) >= 11 is 2.75. The minimum absolute atomic E-state index is 0.131. The number of aryl methyl sites for hydroxylation is 1. The van der Waals surface area contributed by atoms with Gasteiger partial charge in [-0.1, -0.05) is 11.8 Å². The zero-order valence-electron chi connectivity index (χ0n) is 15.1. The summed E-state index contributed by atoms with van der Waals surface area (Å²) in [5.41, 5.74) is 0. The predicted octanol–water partition coefficient (Wildman–Crippen LogP) is 2.90. The van der Waals surface area contributed by atoms with Crippen molar-refractivity contribution >= 4 is 34.1 Å². The van der Waals surface area contributed by atoms with Crippen LogP contribution in [0, 0.1) is 6.92 Å². The van der Waals surface area contributed by atoms with E-state index >= 15 is 0 Å². The van der Waals surface area contributed by atoms with Crippen LogP contribution in [-0.2, 0) is 18.4 Å². The Hall–Kier alpha value is -2.59. The van der Waals surface area contributed by atoms with Gasteiger partial charge in [-0.25, -0.2) is 4.98 Å². The maximum Gasteiger partial charge on any atom is 0.236 e. The highest BCUT2D eigenvalue weighted by Crippen LogP contribution is 2.21. The summed E-state index contributed by atoms with van der Waals surface area (Å²) in [6.45, 7) is 2.22. The van der Waals surface area contributed by atoms with Gasteiger partial charge in [0.05, 0.1) is 12.9 Å². The largest absolute Gasteiger partial charge is 0.497 e. The van der Waals surface area contributed by atoms with Crippen LogP contribution in [0.5, 0.6) is 11.5 Å².